The van der Waals surface area contributed by atoms with Gasteiger partial charge in [-0.1, -0.05) is 36.8 Å². The van der Waals surface area contributed by atoms with Gasteiger partial charge in [0.2, 0.25) is 0 Å². The molecule has 1 saturated heterocycles. The van der Waals surface area contributed by atoms with Gasteiger partial charge < -0.3 is 15.3 Å². The molecule has 2 N–H and O–H groups in total. The third-order valence-corrected chi connectivity index (χ3v) is 6.13. The first kappa shape index (κ1) is 20.9. The van der Waals surface area contributed by atoms with Crippen LogP contribution in [0.25, 0.3) is 0 Å². The largest absolute Gasteiger partial charge is 0.394 e. The molecule has 31 heavy (non-hydrogen) atoms. The second-order valence-corrected chi connectivity index (χ2v) is 8.07. The topological polar surface area (TPSA) is 76.4 Å². The van der Waals surface area contributed by atoms with Crippen LogP contribution in [0.4, 0.5) is 14.9 Å². The lowest BCUT2D eigenvalue weighted by Gasteiger charge is -2.51. The fraction of sp³-hybridized carbons (Fsp3) is 0.360. The number of nitrogens with one attached hydrogen (secondary N) is 1. The minimum absolute atomic E-state index is 0.261. The number of amides is 2. The summed E-state index contributed by atoms with van der Waals surface area (Å²) in [6.07, 6.45) is 4.85. The molecule has 1 aliphatic carbocycles. The number of carbonyl (C=O) groups excluding carboxylic acids is 1. The zero-order valence-corrected chi connectivity index (χ0v) is 17.1. The number of benzene rings is 2. The van der Waals surface area contributed by atoms with E-state index in [0.717, 1.165) is 11.1 Å². The number of anilines is 1. The van der Waals surface area contributed by atoms with Crippen LogP contribution in [0.3, 0.4) is 0 Å². The van der Waals surface area contributed by atoms with E-state index < -0.39 is 23.9 Å². The van der Waals surface area contributed by atoms with Crippen molar-refractivity contribution < 1.29 is 14.3 Å². The van der Waals surface area contributed by atoms with Gasteiger partial charge in [-0.05, 0) is 54.8 Å². The number of aliphatic hydroxyl groups excluding tert-OH is 1. The summed E-state index contributed by atoms with van der Waals surface area (Å²) in [6.45, 7) is -0.261. The molecule has 0 bridgehead atoms. The first-order valence-corrected chi connectivity index (χ1v) is 10.6. The number of hydrogen-bond donors (Lipinski definition) is 2. The summed E-state index contributed by atoms with van der Waals surface area (Å²) in [5.74, 6) is 6.37. The number of carbonyl (C=O) groups is 1. The Labute approximate surface area is 181 Å². The average molecular weight is 417 g/mol. The number of nitriles is 1. The summed E-state index contributed by atoms with van der Waals surface area (Å²) in [6, 6.07) is 13.6. The molecule has 2 aromatic rings. The molecule has 0 spiro atoms. The van der Waals surface area contributed by atoms with Crippen molar-refractivity contribution >= 4 is 11.7 Å². The lowest BCUT2D eigenvalue weighted by Crippen LogP contribution is -2.66. The van der Waals surface area contributed by atoms with E-state index in [4.69, 9.17) is 0 Å². The van der Waals surface area contributed by atoms with E-state index >= 15 is 0 Å². The van der Waals surface area contributed by atoms with Gasteiger partial charge in [0.05, 0.1) is 18.7 Å². The Kier molecular flexibility index (Phi) is 6.21. The standard InChI is InChI=1S/C25H24FN3O2/c26-20-11-13-21(14-12-20)28-25(31)29-22(15-27)24(23(29)16-30)19-9-7-18(8-10-19)6-5-17-3-1-2-4-17/h7-14,17,22-24,30H,1-4,16H2,(H,28,31)/t22-,23-,24+/m1/s1. The number of rotatable bonds is 3. The molecule has 3 atom stereocenters. The van der Waals surface area contributed by atoms with Crippen LogP contribution in [0.15, 0.2) is 48.5 Å². The van der Waals surface area contributed by atoms with Gasteiger partial charge in [-0.25, -0.2) is 9.18 Å². The summed E-state index contributed by atoms with van der Waals surface area (Å²) in [7, 11) is 0. The van der Waals surface area contributed by atoms with Crippen LogP contribution in [0, 0.1) is 34.9 Å². The summed E-state index contributed by atoms with van der Waals surface area (Å²) in [5, 5.41) is 22.3. The maximum Gasteiger partial charge on any atom is 0.323 e. The van der Waals surface area contributed by atoms with E-state index in [-0.39, 0.29) is 12.5 Å². The molecule has 1 heterocycles. The van der Waals surface area contributed by atoms with E-state index in [2.05, 4.69) is 23.2 Å². The van der Waals surface area contributed by atoms with Crippen LogP contribution in [0.5, 0.6) is 0 Å². The average Bonchev–Trinajstić information content (AvgIpc) is 3.28. The van der Waals surface area contributed by atoms with Crippen LogP contribution < -0.4 is 5.32 Å². The molecule has 2 amide bonds. The number of nitrogens with zero attached hydrogens (tertiary/aromatic N) is 2. The zero-order valence-electron chi connectivity index (χ0n) is 17.1. The number of aliphatic hydroxyl groups is 1. The van der Waals surface area contributed by atoms with Crippen LogP contribution >= 0.6 is 0 Å². The smallest absolute Gasteiger partial charge is 0.323 e. The van der Waals surface area contributed by atoms with Crippen molar-refractivity contribution in [2.24, 2.45) is 5.92 Å². The summed E-state index contributed by atoms with van der Waals surface area (Å²) in [5.41, 5.74) is 2.24. The Morgan fingerprint density at radius 3 is 2.42 bits per heavy atom. The molecular weight excluding hydrogens is 393 g/mol. The van der Waals surface area contributed by atoms with Crippen LogP contribution in [-0.4, -0.2) is 34.7 Å². The van der Waals surface area contributed by atoms with Crippen LogP contribution in [-0.2, 0) is 0 Å². The molecule has 4 rings (SSSR count). The Morgan fingerprint density at radius 2 is 1.81 bits per heavy atom. The normalized spacial score (nSPS) is 22.7. The van der Waals surface area contributed by atoms with E-state index in [1.165, 1.54) is 54.8 Å². The Bertz CT molecular complexity index is 1030. The van der Waals surface area contributed by atoms with Gasteiger partial charge in [-0.15, -0.1) is 0 Å². The van der Waals surface area contributed by atoms with Gasteiger partial charge in [-0.3, -0.25) is 0 Å². The van der Waals surface area contributed by atoms with Gasteiger partial charge in [0, 0.05) is 23.1 Å². The summed E-state index contributed by atoms with van der Waals surface area (Å²) >= 11 is 0. The highest BCUT2D eigenvalue weighted by molar-refractivity contribution is 5.91. The highest BCUT2D eigenvalue weighted by Crippen LogP contribution is 2.40. The third kappa shape index (κ3) is 4.40. The SMILES string of the molecule is N#C[C@@H]1[C@H](c2ccc(C#CC3CCCC3)cc2)[C@@H](CO)N1C(=O)Nc1ccc(F)cc1. The quantitative estimate of drug-likeness (QED) is 0.733. The Morgan fingerprint density at radius 1 is 1.13 bits per heavy atom. The van der Waals surface area contributed by atoms with Crippen LogP contribution in [0.1, 0.15) is 42.7 Å². The second-order valence-electron chi connectivity index (χ2n) is 8.07. The fourth-order valence-electron chi connectivity index (χ4n) is 4.45. The molecule has 5 nitrogen and oxygen atoms in total. The molecule has 0 aromatic heterocycles. The number of urea groups is 1. The monoisotopic (exact) mass is 417 g/mol. The first-order chi connectivity index (χ1) is 15.1. The zero-order chi connectivity index (χ0) is 21.8. The number of halogens is 1. The van der Waals surface area contributed by atoms with Crippen LogP contribution in [0.2, 0.25) is 0 Å². The predicted molar refractivity (Wildman–Crippen MR) is 116 cm³/mol. The van der Waals surface area contributed by atoms with Gasteiger partial charge >= 0.3 is 6.03 Å². The molecule has 2 fully saturated rings. The second kappa shape index (κ2) is 9.20. The third-order valence-electron chi connectivity index (χ3n) is 6.13. The van der Waals surface area contributed by atoms with Crippen molar-refractivity contribution in [2.45, 2.75) is 43.7 Å². The maximum absolute atomic E-state index is 13.1. The lowest BCUT2D eigenvalue weighted by atomic mass is 9.76. The maximum atomic E-state index is 13.1. The van der Waals surface area contributed by atoms with Gasteiger partial charge in [0.1, 0.15) is 11.9 Å². The molecule has 2 aromatic carbocycles. The van der Waals surface area contributed by atoms with Crippen molar-refractivity contribution in [2.75, 3.05) is 11.9 Å². The Balaban J connectivity index is 1.46. The van der Waals surface area contributed by atoms with Crippen molar-refractivity contribution in [3.05, 3.63) is 65.5 Å². The highest BCUT2D eigenvalue weighted by atomic mass is 19.1. The summed E-state index contributed by atoms with van der Waals surface area (Å²) in [4.78, 5) is 14.0. The minimum atomic E-state index is -0.701. The van der Waals surface area contributed by atoms with Gasteiger partial charge in [0.25, 0.3) is 0 Å². The Hall–Kier alpha value is -3.35. The van der Waals surface area contributed by atoms with E-state index in [9.17, 15) is 19.6 Å². The fourth-order valence-corrected chi connectivity index (χ4v) is 4.45. The van der Waals surface area contributed by atoms with Gasteiger partial charge in [-0.2, -0.15) is 5.26 Å². The molecule has 6 heteroatoms. The van der Waals surface area contributed by atoms with Crippen molar-refractivity contribution in [1.29, 1.82) is 5.26 Å². The van der Waals surface area contributed by atoms with Crippen molar-refractivity contribution in [1.82, 2.24) is 4.90 Å². The van der Waals surface area contributed by atoms with Crippen molar-refractivity contribution in [3.63, 3.8) is 0 Å². The molecule has 0 radical (unpaired) electrons. The molecule has 158 valence electrons. The number of likely N-dealkylation sites (tertiary alicyclic amines) is 1. The van der Waals surface area contributed by atoms with E-state index in [0.29, 0.717) is 11.6 Å². The molecular formula is C25H24FN3O2. The predicted octanol–water partition coefficient (Wildman–Crippen LogP) is 4.25. The number of hydrogen-bond acceptors (Lipinski definition) is 3. The highest BCUT2D eigenvalue weighted by Gasteiger charge is 2.51. The molecule has 1 aliphatic heterocycles. The summed E-state index contributed by atoms with van der Waals surface area (Å²) < 4.78 is 13.1. The lowest BCUT2D eigenvalue weighted by molar-refractivity contribution is 0.0224. The van der Waals surface area contributed by atoms with E-state index in [1.54, 1.807) is 0 Å². The molecule has 1 saturated carbocycles. The molecule has 0 unspecified atom stereocenters. The first-order valence-electron chi connectivity index (χ1n) is 10.6. The minimum Gasteiger partial charge on any atom is -0.394 e. The van der Waals surface area contributed by atoms with Crippen molar-refractivity contribution in [3.8, 4) is 17.9 Å². The van der Waals surface area contributed by atoms with Gasteiger partial charge in [0.15, 0.2) is 0 Å². The van der Waals surface area contributed by atoms with E-state index in [1.807, 2.05) is 24.3 Å². The molecule has 2 aliphatic rings.